The molecular weight excluding hydrogens is 542 g/mol. The molecule has 0 aliphatic carbocycles. The fraction of sp³-hybridized carbons (Fsp3) is 0.733. The van der Waals surface area contributed by atoms with Gasteiger partial charge in [0.05, 0.1) is 18.8 Å². The van der Waals surface area contributed by atoms with Gasteiger partial charge in [0.1, 0.15) is 5.82 Å². The van der Waals surface area contributed by atoms with Crippen LogP contribution in [0, 0.1) is 5.92 Å². The van der Waals surface area contributed by atoms with Crippen molar-refractivity contribution in [2.24, 2.45) is 5.92 Å². The summed E-state index contributed by atoms with van der Waals surface area (Å²) in [5, 5.41) is 9.32. The number of nitrogens with zero attached hydrogens (tertiary/aromatic N) is 2. The third kappa shape index (κ3) is 11.7. The average Bonchev–Trinajstić information content (AvgIpc) is 2.66. The van der Waals surface area contributed by atoms with Gasteiger partial charge in [-0.3, -0.25) is 9.09 Å². The summed E-state index contributed by atoms with van der Waals surface area (Å²) in [5.41, 5.74) is 2.72. The standard InChI is InChI=1S/C15H29FN3O13P3/c1-10(2)4-6-15(3,9-29-34(25,26)32-35(27,28)31-33(22,23)24)30-13(11(16)8-20)19-7-5-12(17)18-14(19)21/h5,7,10-11,13,20H,4,6,8-9H2,1-3H3,(H,25,26)(H,27,28)(H2,17,18,21)(H2,22,23,24)/t11-,13-,15-/m1/s1. The maximum absolute atomic E-state index is 14.6. The summed E-state index contributed by atoms with van der Waals surface area (Å²) >= 11 is 0. The molecule has 0 amide bonds. The summed E-state index contributed by atoms with van der Waals surface area (Å²) in [6.07, 6.45) is -2.52. The first-order chi connectivity index (χ1) is 15.8. The zero-order valence-corrected chi connectivity index (χ0v) is 21.6. The van der Waals surface area contributed by atoms with Gasteiger partial charge in [0.25, 0.3) is 0 Å². The number of halogens is 1. The van der Waals surface area contributed by atoms with Crippen molar-refractivity contribution in [2.45, 2.75) is 51.6 Å². The van der Waals surface area contributed by atoms with E-state index in [-0.39, 0.29) is 18.2 Å². The molecule has 0 fully saturated rings. The highest BCUT2D eigenvalue weighted by molar-refractivity contribution is 7.66. The first kappa shape index (κ1) is 32.0. The topological polar surface area (TPSA) is 250 Å². The number of rotatable bonds is 15. The number of hydrogen-bond acceptors (Lipinski definition) is 11. The van der Waals surface area contributed by atoms with Crippen LogP contribution in [0.3, 0.4) is 0 Å². The van der Waals surface area contributed by atoms with Crippen molar-refractivity contribution >= 4 is 29.3 Å². The van der Waals surface area contributed by atoms with Crippen molar-refractivity contribution in [2.75, 3.05) is 18.9 Å². The summed E-state index contributed by atoms with van der Waals surface area (Å²) in [4.78, 5) is 51.9. The molecule has 0 saturated carbocycles. The molecule has 204 valence electrons. The van der Waals surface area contributed by atoms with Crippen LogP contribution in [0.2, 0.25) is 0 Å². The fourth-order valence-corrected chi connectivity index (χ4v) is 5.72. The number of nitrogens with two attached hydrogens (primary N) is 1. The molecule has 35 heavy (non-hydrogen) atoms. The number of phosphoric acid groups is 3. The van der Waals surface area contributed by atoms with E-state index in [1.807, 2.05) is 13.8 Å². The zero-order chi connectivity index (χ0) is 27.2. The molecule has 2 unspecified atom stereocenters. The van der Waals surface area contributed by atoms with Crippen molar-refractivity contribution in [1.29, 1.82) is 0 Å². The maximum Gasteiger partial charge on any atom is 0.490 e. The van der Waals surface area contributed by atoms with Crippen LogP contribution in [0.1, 0.15) is 39.8 Å². The summed E-state index contributed by atoms with van der Waals surface area (Å²) in [6.45, 7) is 2.94. The van der Waals surface area contributed by atoms with Gasteiger partial charge in [-0.2, -0.15) is 13.6 Å². The maximum atomic E-state index is 14.6. The Balaban J connectivity index is 3.21. The van der Waals surface area contributed by atoms with Gasteiger partial charge in [0.15, 0.2) is 12.4 Å². The molecule has 0 aromatic carbocycles. The molecular formula is C15H29FN3O13P3. The molecule has 0 saturated heterocycles. The van der Waals surface area contributed by atoms with E-state index in [0.717, 1.165) is 6.20 Å². The number of hydrogen-bond donors (Lipinski definition) is 6. The van der Waals surface area contributed by atoms with Crippen LogP contribution in [0.5, 0.6) is 0 Å². The second-order valence-electron chi connectivity index (χ2n) is 8.00. The largest absolute Gasteiger partial charge is 0.490 e. The van der Waals surface area contributed by atoms with Crippen LogP contribution in [-0.2, 0) is 31.6 Å². The van der Waals surface area contributed by atoms with Gasteiger partial charge in [0.2, 0.25) is 0 Å². The Morgan fingerprint density at radius 1 is 1.17 bits per heavy atom. The minimum atomic E-state index is -5.76. The van der Waals surface area contributed by atoms with Gasteiger partial charge >= 0.3 is 29.2 Å². The Hall–Kier alpha value is -1.06. The molecule has 0 radical (unpaired) electrons. The fourth-order valence-electron chi connectivity index (χ4n) is 2.59. The van der Waals surface area contributed by atoms with E-state index in [2.05, 4.69) is 18.1 Å². The minimum Gasteiger partial charge on any atom is -0.393 e. The molecule has 0 bridgehead atoms. The smallest absolute Gasteiger partial charge is 0.393 e. The van der Waals surface area contributed by atoms with E-state index in [1.165, 1.54) is 13.0 Å². The Morgan fingerprint density at radius 3 is 2.26 bits per heavy atom. The Bertz CT molecular complexity index is 1050. The number of alkyl halides is 1. The molecule has 1 aromatic rings. The van der Waals surface area contributed by atoms with E-state index in [9.17, 15) is 37.8 Å². The third-order valence-corrected chi connectivity index (χ3v) is 8.00. The molecule has 20 heteroatoms. The third-order valence-electron chi connectivity index (χ3n) is 4.21. The van der Waals surface area contributed by atoms with Crippen LogP contribution < -0.4 is 11.4 Å². The van der Waals surface area contributed by atoms with Gasteiger partial charge < -0.3 is 35.2 Å². The van der Waals surface area contributed by atoms with Gasteiger partial charge in [-0.1, -0.05) is 13.8 Å². The quantitative estimate of drug-likeness (QED) is 0.162. The number of aromatic nitrogens is 2. The Kier molecular flexibility index (Phi) is 11.4. The predicted molar refractivity (Wildman–Crippen MR) is 117 cm³/mol. The lowest BCUT2D eigenvalue weighted by atomic mass is 9.95. The van der Waals surface area contributed by atoms with Crippen molar-refractivity contribution in [3.05, 3.63) is 22.7 Å². The van der Waals surface area contributed by atoms with Gasteiger partial charge in [-0.05, 0) is 31.7 Å². The number of anilines is 1. The zero-order valence-electron chi connectivity index (χ0n) is 18.9. The minimum absolute atomic E-state index is 0.0201. The van der Waals surface area contributed by atoms with Crippen molar-refractivity contribution in [3.8, 4) is 0 Å². The summed E-state index contributed by atoms with van der Waals surface area (Å²) in [6, 6.07) is 1.17. The molecule has 5 atom stereocenters. The first-order valence-electron chi connectivity index (χ1n) is 9.84. The second-order valence-corrected chi connectivity index (χ2v) is 12.4. The second kappa shape index (κ2) is 12.5. The monoisotopic (exact) mass is 571 g/mol. The van der Waals surface area contributed by atoms with Gasteiger partial charge in [-0.15, -0.1) is 0 Å². The summed E-state index contributed by atoms with van der Waals surface area (Å²) in [5.74, 6) is -0.123. The molecule has 0 aliphatic rings. The van der Waals surface area contributed by atoms with Gasteiger partial charge in [0, 0.05) is 6.20 Å². The van der Waals surface area contributed by atoms with Crippen LogP contribution in [-0.4, -0.2) is 59.2 Å². The number of nitrogen functional groups attached to an aromatic ring is 1. The van der Waals surface area contributed by atoms with Crippen LogP contribution in [0.4, 0.5) is 10.2 Å². The lowest BCUT2D eigenvalue weighted by Crippen LogP contribution is -2.43. The first-order valence-corrected chi connectivity index (χ1v) is 14.4. The van der Waals surface area contributed by atoms with E-state index in [4.69, 9.17) is 20.3 Å². The van der Waals surface area contributed by atoms with Crippen molar-refractivity contribution in [1.82, 2.24) is 9.55 Å². The normalized spacial score (nSPS) is 19.5. The number of aliphatic hydroxyl groups excluding tert-OH is 1. The van der Waals surface area contributed by atoms with E-state index in [0.29, 0.717) is 11.0 Å². The Morgan fingerprint density at radius 2 is 1.77 bits per heavy atom. The highest BCUT2D eigenvalue weighted by Crippen LogP contribution is 2.66. The summed E-state index contributed by atoms with van der Waals surface area (Å²) in [7, 11) is -16.8. The average molecular weight is 571 g/mol. The van der Waals surface area contributed by atoms with Gasteiger partial charge in [-0.25, -0.2) is 22.9 Å². The molecule has 1 aromatic heterocycles. The lowest BCUT2D eigenvalue weighted by molar-refractivity contribution is -0.171. The predicted octanol–water partition coefficient (Wildman–Crippen LogP) is 1.21. The number of aliphatic hydroxyl groups is 1. The number of phosphoric ester groups is 1. The van der Waals surface area contributed by atoms with Crippen LogP contribution in [0.15, 0.2) is 17.1 Å². The molecule has 0 aliphatic heterocycles. The number of ether oxygens (including phenoxy) is 1. The summed E-state index contributed by atoms with van der Waals surface area (Å²) < 4.78 is 67.4. The van der Waals surface area contributed by atoms with Crippen LogP contribution >= 0.6 is 23.5 Å². The van der Waals surface area contributed by atoms with Crippen LogP contribution in [0.25, 0.3) is 0 Å². The van der Waals surface area contributed by atoms with E-state index >= 15 is 0 Å². The molecule has 1 heterocycles. The molecule has 0 spiro atoms. The highest BCUT2D eigenvalue weighted by atomic mass is 31.3. The van der Waals surface area contributed by atoms with Crippen molar-refractivity contribution in [3.63, 3.8) is 0 Å². The van der Waals surface area contributed by atoms with E-state index in [1.54, 1.807) is 0 Å². The molecule has 7 N–H and O–H groups in total. The highest BCUT2D eigenvalue weighted by Gasteiger charge is 2.43. The van der Waals surface area contributed by atoms with E-state index < -0.39 is 60.4 Å². The molecule has 1 rings (SSSR count). The molecule has 16 nitrogen and oxygen atoms in total. The lowest BCUT2D eigenvalue weighted by Gasteiger charge is -2.36. The Labute approximate surface area is 199 Å². The van der Waals surface area contributed by atoms with Crippen molar-refractivity contribution < 1.29 is 60.6 Å². The SMILES string of the molecule is CC(C)CC[C@](C)(COP(=O)(O)OP(=O)(O)OP(=O)(O)O)O[C@H]([C@H](F)CO)n1ccc(N)nc1=O.